The first-order valence-electron chi connectivity index (χ1n) is 5.69. The van der Waals surface area contributed by atoms with Gasteiger partial charge in [-0.3, -0.25) is 0 Å². The van der Waals surface area contributed by atoms with Gasteiger partial charge < -0.3 is 10.2 Å². The van der Waals surface area contributed by atoms with E-state index in [0.717, 1.165) is 26.1 Å². The Morgan fingerprint density at radius 1 is 1.57 bits per heavy atom. The van der Waals surface area contributed by atoms with Crippen molar-refractivity contribution < 1.29 is 0 Å². The van der Waals surface area contributed by atoms with Crippen LogP contribution in [0.1, 0.15) is 32.6 Å². The quantitative estimate of drug-likeness (QED) is 0.650. The van der Waals surface area contributed by atoms with Crippen molar-refractivity contribution in [1.82, 2.24) is 10.2 Å². The first kappa shape index (κ1) is 11.5. The average molecular weight is 195 g/mol. The molecule has 0 spiro atoms. The SMILES string of the molecule is CCN(CCCC#N)CC1CCCN1. The summed E-state index contributed by atoms with van der Waals surface area (Å²) < 4.78 is 0. The van der Waals surface area contributed by atoms with Crippen LogP contribution < -0.4 is 5.32 Å². The van der Waals surface area contributed by atoms with E-state index in [-0.39, 0.29) is 0 Å². The molecule has 0 saturated carbocycles. The molecule has 1 unspecified atom stereocenters. The van der Waals surface area contributed by atoms with E-state index in [2.05, 4.69) is 23.2 Å². The molecular formula is C11H21N3. The number of hydrogen-bond acceptors (Lipinski definition) is 3. The summed E-state index contributed by atoms with van der Waals surface area (Å²) in [6.07, 6.45) is 4.33. The summed E-state index contributed by atoms with van der Waals surface area (Å²) in [5, 5.41) is 12.0. The molecule has 14 heavy (non-hydrogen) atoms. The van der Waals surface area contributed by atoms with Gasteiger partial charge >= 0.3 is 0 Å². The molecule has 1 atom stereocenters. The van der Waals surface area contributed by atoms with E-state index in [1.54, 1.807) is 0 Å². The summed E-state index contributed by atoms with van der Waals surface area (Å²) in [6, 6.07) is 2.89. The van der Waals surface area contributed by atoms with Crippen LogP contribution >= 0.6 is 0 Å². The van der Waals surface area contributed by atoms with Gasteiger partial charge in [0.05, 0.1) is 6.07 Å². The van der Waals surface area contributed by atoms with Gasteiger partial charge in [-0.25, -0.2) is 0 Å². The van der Waals surface area contributed by atoms with Crippen molar-refractivity contribution in [3.05, 3.63) is 0 Å². The molecule has 1 aliphatic rings. The zero-order valence-electron chi connectivity index (χ0n) is 9.13. The number of nitrogens with zero attached hydrogens (tertiary/aromatic N) is 2. The number of unbranched alkanes of at least 4 members (excludes halogenated alkanes) is 1. The molecule has 1 aliphatic heterocycles. The molecule has 0 amide bonds. The topological polar surface area (TPSA) is 39.1 Å². The van der Waals surface area contributed by atoms with E-state index in [4.69, 9.17) is 5.26 Å². The molecule has 0 aromatic rings. The second kappa shape index (κ2) is 6.80. The molecule has 80 valence electrons. The Balaban J connectivity index is 2.13. The molecular weight excluding hydrogens is 174 g/mol. The summed E-state index contributed by atoms with van der Waals surface area (Å²) >= 11 is 0. The molecule has 1 saturated heterocycles. The fraction of sp³-hybridized carbons (Fsp3) is 0.909. The van der Waals surface area contributed by atoms with Crippen molar-refractivity contribution in [3.63, 3.8) is 0 Å². The van der Waals surface area contributed by atoms with Crippen LogP contribution in [0.3, 0.4) is 0 Å². The highest BCUT2D eigenvalue weighted by molar-refractivity contribution is 4.78. The number of rotatable bonds is 6. The van der Waals surface area contributed by atoms with Crippen LogP contribution in [0.25, 0.3) is 0 Å². The summed E-state index contributed by atoms with van der Waals surface area (Å²) in [7, 11) is 0. The molecule has 1 rings (SSSR count). The van der Waals surface area contributed by atoms with Crippen molar-refractivity contribution in [1.29, 1.82) is 5.26 Å². The third kappa shape index (κ3) is 4.08. The second-order valence-corrected chi connectivity index (χ2v) is 3.95. The second-order valence-electron chi connectivity index (χ2n) is 3.95. The van der Waals surface area contributed by atoms with Crippen molar-refractivity contribution in [3.8, 4) is 6.07 Å². The smallest absolute Gasteiger partial charge is 0.0622 e. The van der Waals surface area contributed by atoms with Gasteiger partial charge in [-0.05, 0) is 38.9 Å². The lowest BCUT2D eigenvalue weighted by Gasteiger charge is -2.23. The molecule has 1 heterocycles. The number of likely N-dealkylation sites (N-methyl/N-ethyl adjacent to an activating group) is 1. The van der Waals surface area contributed by atoms with E-state index in [0.29, 0.717) is 12.5 Å². The lowest BCUT2D eigenvalue weighted by atomic mass is 10.2. The third-order valence-electron chi connectivity index (χ3n) is 2.85. The van der Waals surface area contributed by atoms with Crippen molar-refractivity contribution in [2.75, 3.05) is 26.2 Å². The average Bonchev–Trinajstić information content (AvgIpc) is 2.69. The first-order valence-corrected chi connectivity index (χ1v) is 5.69. The Labute approximate surface area is 87.1 Å². The lowest BCUT2D eigenvalue weighted by Crippen LogP contribution is -2.37. The fourth-order valence-electron chi connectivity index (χ4n) is 1.98. The van der Waals surface area contributed by atoms with Gasteiger partial charge in [0.25, 0.3) is 0 Å². The molecule has 1 fully saturated rings. The first-order chi connectivity index (χ1) is 6.86. The molecule has 3 heteroatoms. The van der Waals surface area contributed by atoms with Gasteiger partial charge in [0, 0.05) is 19.0 Å². The van der Waals surface area contributed by atoms with Gasteiger partial charge in [0.15, 0.2) is 0 Å². The van der Waals surface area contributed by atoms with Gasteiger partial charge in [-0.15, -0.1) is 0 Å². The van der Waals surface area contributed by atoms with Gasteiger partial charge in [-0.1, -0.05) is 6.92 Å². The molecule has 0 radical (unpaired) electrons. The predicted octanol–water partition coefficient (Wildman–Crippen LogP) is 1.36. The Bertz CT molecular complexity index is 179. The minimum atomic E-state index is 0.689. The maximum Gasteiger partial charge on any atom is 0.0622 e. The zero-order valence-corrected chi connectivity index (χ0v) is 9.13. The van der Waals surface area contributed by atoms with Crippen LogP contribution in [0.4, 0.5) is 0 Å². The highest BCUT2D eigenvalue weighted by Gasteiger charge is 2.16. The number of hydrogen-bond donors (Lipinski definition) is 1. The molecule has 0 aromatic carbocycles. The normalized spacial score (nSPS) is 21.4. The minimum absolute atomic E-state index is 0.689. The van der Waals surface area contributed by atoms with E-state index < -0.39 is 0 Å². The predicted molar refractivity (Wildman–Crippen MR) is 58.0 cm³/mol. The Kier molecular flexibility index (Phi) is 5.58. The Hall–Kier alpha value is -0.590. The van der Waals surface area contributed by atoms with Gasteiger partial charge in [0.2, 0.25) is 0 Å². The fourth-order valence-corrected chi connectivity index (χ4v) is 1.98. The number of nitriles is 1. The summed E-state index contributed by atoms with van der Waals surface area (Å²) in [4.78, 5) is 2.44. The van der Waals surface area contributed by atoms with Crippen LogP contribution in [0.2, 0.25) is 0 Å². The molecule has 0 aliphatic carbocycles. The maximum atomic E-state index is 8.46. The van der Waals surface area contributed by atoms with Gasteiger partial charge in [-0.2, -0.15) is 5.26 Å². The summed E-state index contributed by atoms with van der Waals surface area (Å²) in [6.45, 7) is 6.70. The molecule has 0 bridgehead atoms. The monoisotopic (exact) mass is 195 g/mol. The Morgan fingerprint density at radius 3 is 3.00 bits per heavy atom. The van der Waals surface area contributed by atoms with Crippen LogP contribution in [0.15, 0.2) is 0 Å². The van der Waals surface area contributed by atoms with E-state index in [1.165, 1.54) is 19.4 Å². The molecule has 1 N–H and O–H groups in total. The Morgan fingerprint density at radius 2 is 2.43 bits per heavy atom. The van der Waals surface area contributed by atoms with Crippen LogP contribution in [-0.2, 0) is 0 Å². The van der Waals surface area contributed by atoms with Crippen LogP contribution in [0.5, 0.6) is 0 Å². The largest absolute Gasteiger partial charge is 0.313 e. The summed E-state index contributed by atoms with van der Waals surface area (Å²) in [5.41, 5.74) is 0. The van der Waals surface area contributed by atoms with Crippen LogP contribution in [-0.4, -0.2) is 37.1 Å². The van der Waals surface area contributed by atoms with Crippen molar-refractivity contribution in [2.45, 2.75) is 38.6 Å². The van der Waals surface area contributed by atoms with E-state index in [9.17, 15) is 0 Å². The zero-order chi connectivity index (χ0) is 10.2. The highest BCUT2D eigenvalue weighted by Crippen LogP contribution is 2.07. The number of nitrogens with one attached hydrogen (secondary N) is 1. The van der Waals surface area contributed by atoms with Crippen molar-refractivity contribution >= 4 is 0 Å². The summed E-state index contributed by atoms with van der Waals surface area (Å²) in [5.74, 6) is 0. The van der Waals surface area contributed by atoms with Gasteiger partial charge in [0.1, 0.15) is 0 Å². The third-order valence-corrected chi connectivity index (χ3v) is 2.85. The van der Waals surface area contributed by atoms with E-state index >= 15 is 0 Å². The standard InChI is InChI=1S/C11H21N3/c1-2-14(9-4-3-7-12)10-11-6-5-8-13-11/h11,13H,2-6,8-10H2,1H3. The van der Waals surface area contributed by atoms with Crippen LogP contribution in [0, 0.1) is 11.3 Å². The molecule has 3 nitrogen and oxygen atoms in total. The highest BCUT2D eigenvalue weighted by atomic mass is 15.1. The molecule has 0 aromatic heterocycles. The minimum Gasteiger partial charge on any atom is -0.313 e. The van der Waals surface area contributed by atoms with E-state index in [1.807, 2.05) is 0 Å². The maximum absolute atomic E-state index is 8.46. The van der Waals surface area contributed by atoms with Crippen molar-refractivity contribution in [2.24, 2.45) is 0 Å². The lowest BCUT2D eigenvalue weighted by molar-refractivity contribution is 0.259.